The number of carbonyl (C=O) groups is 1. The van der Waals surface area contributed by atoms with Crippen LogP contribution in [0.25, 0.3) is 16.9 Å². The number of hydrogen-bond donors (Lipinski definition) is 4. The highest BCUT2D eigenvalue weighted by Gasteiger charge is 2.34. The van der Waals surface area contributed by atoms with Crippen LogP contribution < -0.4 is 10.6 Å². The van der Waals surface area contributed by atoms with Crippen LogP contribution in [0.5, 0.6) is 5.75 Å². The molecule has 210 valence electrons. The SMILES string of the molecule is Cc1cc(-c2cnc3c(NCCC(F)(F)F)cc([C@](C)(O)c4cccc(F)c4O)nn23)ccc1C(=O)NC1CC1. The molecule has 1 fully saturated rings. The van der Waals surface area contributed by atoms with Gasteiger partial charge in [-0.05, 0) is 56.5 Å². The molecule has 5 rings (SSSR count). The third-order valence-electron chi connectivity index (χ3n) is 6.88. The molecular formula is C28H27F4N5O3. The molecule has 1 saturated carbocycles. The first-order chi connectivity index (χ1) is 18.8. The Morgan fingerprint density at radius 3 is 2.60 bits per heavy atom. The zero-order valence-corrected chi connectivity index (χ0v) is 21.7. The fourth-order valence-corrected chi connectivity index (χ4v) is 4.49. The maximum Gasteiger partial charge on any atom is 0.390 e. The number of aliphatic hydroxyl groups is 1. The summed E-state index contributed by atoms with van der Waals surface area (Å²) in [6.07, 6.45) is -2.13. The van der Waals surface area contributed by atoms with Gasteiger partial charge in [-0.2, -0.15) is 18.3 Å². The van der Waals surface area contributed by atoms with Gasteiger partial charge >= 0.3 is 6.18 Å². The molecule has 0 bridgehead atoms. The number of alkyl halides is 3. The first kappa shape index (κ1) is 27.4. The monoisotopic (exact) mass is 557 g/mol. The number of imidazole rings is 1. The Bertz CT molecular complexity index is 1600. The summed E-state index contributed by atoms with van der Waals surface area (Å²) in [5.41, 5.74) is 0.305. The van der Waals surface area contributed by atoms with Crippen LogP contribution in [0.4, 0.5) is 23.2 Å². The lowest BCUT2D eigenvalue weighted by Crippen LogP contribution is -2.26. The highest BCUT2D eigenvalue weighted by atomic mass is 19.4. The zero-order valence-electron chi connectivity index (χ0n) is 21.7. The number of aryl methyl sites for hydroxylation is 1. The number of amides is 1. The number of aromatic nitrogens is 3. The van der Waals surface area contributed by atoms with Gasteiger partial charge in [0.05, 0.1) is 29.7 Å². The molecule has 8 nitrogen and oxygen atoms in total. The van der Waals surface area contributed by atoms with Crippen molar-refractivity contribution in [3.8, 4) is 17.0 Å². The van der Waals surface area contributed by atoms with Crippen molar-refractivity contribution in [2.75, 3.05) is 11.9 Å². The maximum atomic E-state index is 14.1. The van der Waals surface area contributed by atoms with E-state index in [1.807, 2.05) is 0 Å². The largest absolute Gasteiger partial charge is 0.505 e. The summed E-state index contributed by atoms with van der Waals surface area (Å²) < 4.78 is 54.1. The van der Waals surface area contributed by atoms with E-state index >= 15 is 0 Å². The number of halogens is 4. The van der Waals surface area contributed by atoms with E-state index in [-0.39, 0.29) is 34.5 Å². The van der Waals surface area contributed by atoms with Gasteiger partial charge in [0.1, 0.15) is 5.60 Å². The predicted molar refractivity (Wildman–Crippen MR) is 140 cm³/mol. The third kappa shape index (κ3) is 5.44. The number of fused-ring (bicyclic) bond motifs is 1. The lowest BCUT2D eigenvalue weighted by Gasteiger charge is -2.25. The molecular weight excluding hydrogens is 530 g/mol. The number of benzene rings is 2. The lowest BCUT2D eigenvalue weighted by atomic mass is 9.91. The van der Waals surface area contributed by atoms with Gasteiger partial charge in [-0.15, -0.1) is 0 Å². The number of anilines is 1. The second-order valence-electron chi connectivity index (χ2n) is 10.1. The van der Waals surface area contributed by atoms with Crippen LogP contribution in [0.15, 0.2) is 48.7 Å². The molecule has 1 atom stereocenters. The highest BCUT2D eigenvalue weighted by molar-refractivity contribution is 5.96. The summed E-state index contributed by atoms with van der Waals surface area (Å²) >= 11 is 0. The maximum absolute atomic E-state index is 14.1. The van der Waals surface area contributed by atoms with Gasteiger partial charge in [0, 0.05) is 29.3 Å². The fraction of sp³-hybridized carbons (Fsp3) is 0.321. The van der Waals surface area contributed by atoms with E-state index in [9.17, 15) is 32.6 Å². The van der Waals surface area contributed by atoms with Gasteiger partial charge in [0.25, 0.3) is 5.91 Å². The average molecular weight is 558 g/mol. The van der Waals surface area contributed by atoms with Crippen molar-refractivity contribution in [2.24, 2.45) is 0 Å². The number of aromatic hydroxyl groups is 1. The van der Waals surface area contributed by atoms with Crippen molar-refractivity contribution >= 4 is 17.2 Å². The number of phenols is 1. The smallest absolute Gasteiger partial charge is 0.390 e. The second-order valence-corrected chi connectivity index (χ2v) is 10.1. The van der Waals surface area contributed by atoms with Gasteiger partial charge in [0.2, 0.25) is 0 Å². The topological polar surface area (TPSA) is 112 Å². The Hall–Kier alpha value is -4.19. The number of nitrogens with one attached hydrogen (secondary N) is 2. The summed E-state index contributed by atoms with van der Waals surface area (Å²) in [6, 6.07) is 10.3. The van der Waals surface area contributed by atoms with E-state index in [0.29, 0.717) is 22.4 Å². The molecule has 1 amide bonds. The summed E-state index contributed by atoms with van der Waals surface area (Å²) in [5.74, 6) is -1.90. The number of para-hydroxylation sites is 1. The number of nitrogens with zero attached hydrogens (tertiary/aromatic N) is 3. The molecule has 0 unspecified atom stereocenters. The van der Waals surface area contributed by atoms with Crippen molar-refractivity contribution < 1.29 is 32.6 Å². The van der Waals surface area contributed by atoms with Gasteiger partial charge < -0.3 is 20.8 Å². The van der Waals surface area contributed by atoms with Crippen LogP contribution in [0.2, 0.25) is 0 Å². The van der Waals surface area contributed by atoms with Crippen LogP contribution in [-0.4, -0.2) is 49.5 Å². The number of carbonyl (C=O) groups excluding carboxylic acids is 1. The standard InChI is InChI=1S/C28H27F4N5O3/c1-15-12-16(6-9-18(15)26(39)35-17-7-8-17)22-14-34-25-21(33-11-10-28(30,31)32)13-23(36-37(22)25)27(2,40)19-4-3-5-20(29)24(19)38/h3-6,9,12-14,17,33,38,40H,7-8,10-11H2,1-2H3,(H,35,39)/t27-/m1/s1. The Balaban J connectivity index is 1.60. The third-order valence-corrected chi connectivity index (χ3v) is 6.88. The molecule has 2 heterocycles. The zero-order chi connectivity index (χ0) is 28.8. The average Bonchev–Trinajstić information content (AvgIpc) is 3.59. The molecule has 1 aliphatic rings. The Labute approximate surface area is 226 Å². The van der Waals surface area contributed by atoms with Crippen molar-refractivity contribution in [2.45, 2.75) is 50.9 Å². The first-order valence-corrected chi connectivity index (χ1v) is 12.7. The van der Waals surface area contributed by atoms with Crippen LogP contribution in [0, 0.1) is 12.7 Å². The lowest BCUT2D eigenvalue weighted by molar-refractivity contribution is -0.131. The summed E-state index contributed by atoms with van der Waals surface area (Å²) in [6.45, 7) is 2.61. The number of rotatable bonds is 8. The van der Waals surface area contributed by atoms with Gasteiger partial charge in [0.15, 0.2) is 17.2 Å². The van der Waals surface area contributed by atoms with E-state index in [1.54, 1.807) is 25.1 Å². The minimum atomic E-state index is -4.40. The fourth-order valence-electron chi connectivity index (χ4n) is 4.49. The van der Waals surface area contributed by atoms with Crippen molar-refractivity contribution in [1.29, 1.82) is 0 Å². The molecule has 2 aromatic heterocycles. The number of phenolic OH excluding ortho intramolecular Hbond substituents is 1. The minimum Gasteiger partial charge on any atom is -0.505 e. The molecule has 0 saturated heterocycles. The van der Waals surface area contributed by atoms with Crippen molar-refractivity contribution in [3.63, 3.8) is 0 Å². The van der Waals surface area contributed by atoms with Crippen LogP contribution in [-0.2, 0) is 5.60 Å². The summed E-state index contributed by atoms with van der Waals surface area (Å²) in [5, 5.41) is 31.9. The van der Waals surface area contributed by atoms with E-state index in [0.717, 1.165) is 18.9 Å². The molecule has 4 N–H and O–H groups in total. The molecule has 0 radical (unpaired) electrons. The Morgan fingerprint density at radius 2 is 1.93 bits per heavy atom. The quantitative estimate of drug-likeness (QED) is 0.225. The van der Waals surface area contributed by atoms with E-state index < -0.39 is 36.3 Å². The van der Waals surface area contributed by atoms with Crippen LogP contribution in [0.3, 0.4) is 0 Å². The minimum absolute atomic E-state index is 0.0770. The van der Waals surface area contributed by atoms with Gasteiger partial charge in [-0.3, -0.25) is 4.79 Å². The van der Waals surface area contributed by atoms with Crippen LogP contribution >= 0.6 is 0 Å². The van der Waals surface area contributed by atoms with Gasteiger partial charge in [-0.1, -0.05) is 18.2 Å². The van der Waals surface area contributed by atoms with Crippen molar-refractivity contribution in [1.82, 2.24) is 19.9 Å². The molecule has 4 aromatic rings. The Kier molecular flexibility index (Phi) is 6.90. The molecule has 0 aliphatic heterocycles. The van der Waals surface area contributed by atoms with Gasteiger partial charge in [-0.25, -0.2) is 13.9 Å². The van der Waals surface area contributed by atoms with Crippen LogP contribution in [0.1, 0.15) is 53.4 Å². The molecule has 0 spiro atoms. The first-order valence-electron chi connectivity index (χ1n) is 12.7. The number of hydrogen-bond acceptors (Lipinski definition) is 6. The normalized spacial score (nSPS) is 15.2. The Morgan fingerprint density at radius 1 is 1.18 bits per heavy atom. The van der Waals surface area contributed by atoms with E-state index in [2.05, 4.69) is 20.7 Å². The molecule has 12 heteroatoms. The predicted octanol–water partition coefficient (Wildman–Crippen LogP) is 5.06. The second kappa shape index (κ2) is 10.1. The highest BCUT2D eigenvalue weighted by Crippen LogP contribution is 2.37. The molecule has 1 aliphatic carbocycles. The van der Waals surface area contributed by atoms with Crippen molar-refractivity contribution in [3.05, 3.63) is 76.9 Å². The summed E-state index contributed by atoms with van der Waals surface area (Å²) in [7, 11) is 0. The molecule has 2 aromatic carbocycles. The van der Waals surface area contributed by atoms with E-state index in [4.69, 9.17) is 0 Å². The molecule has 40 heavy (non-hydrogen) atoms. The summed E-state index contributed by atoms with van der Waals surface area (Å²) in [4.78, 5) is 16.9. The van der Waals surface area contributed by atoms with E-state index in [1.165, 1.54) is 35.8 Å².